The zero-order chi connectivity index (χ0) is 16.8. The maximum Gasteiger partial charge on any atom is 0.329 e. The van der Waals surface area contributed by atoms with Gasteiger partial charge in [0, 0.05) is 5.56 Å². The average Bonchev–Trinajstić information content (AvgIpc) is 3.00. The van der Waals surface area contributed by atoms with Gasteiger partial charge in [-0.2, -0.15) is 5.10 Å². The lowest BCUT2D eigenvalue weighted by molar-refractivity contribution is -0.139. The summed E-state index contributed by atoms with van der Waals surface area (Å²) in [5.41, 5.74) is 6.42. The lowest BCUT2D eigenvalue weighted by atomic mass is 10.0. The number of carbonyl (C=O) groups is 2. The van der Waals surface area contributed by atoms with Gasteiger partial charge in [-0.1, -0.05) is 17.7 Å². The minimum Gasteiger partial charge on any atom is -0.467 e. The Labute approximate surface area is 134 Å². The Morgan fingerprint density at radius 1 is 1.17 bits per heavy atom. The first kappa shape index (κ1) is 16.5. The minimum absolute atomic E-state index is 0.152. The van der Waals surface area contributed by atoms with Crippen LogP contribution in [0.1, 0.15) is 28.0 Å². The Hall–Kier alpha value is -2.89. The predicted molar refractivity (Wildman–Crippen MR) is 86.9 cm³/mol. The van der Waals surface area contributed by atoms with Gasteiger partial charge in [-0.15, -0.1) is 0 Å². The normalized spacial score (nSPS) is 10.7. The van der Waals surface area contributed by atoms with Gasteiger partial charge in [0.25, 0.3) is 0 Å². The number of amides is 2. The summed E-state index contributed by atoms with van der Waals surface area (Å²) in [5.74, 6) is -1.02. The molecule has 1 heterocycles. The van der Waals surface area contributed by atoms with Gasteiger partial charge >= 0.3 is 11.8 Å². The molecule has 0 saturated heterocycles. The van der Waals surface area contributed by atoms with Crippen molar-refractivity contribution in [3.05, 3.63) is 58.5 Å². The number of furan rings is 1. The van der Waals surface area contributed by atoms with Crippen molar-refractivity contribution in [2.24, 2.45) is 5.10 Å². The zero-order valence-corrected chi connectivity index (χ0v) is 13.3. The van der Waals surface area contributed by atoms with Crippen LogP contribution in [0.15, 0.2) is 40.0 Å². The van der Waals surface area contributed by atoms with Crippen LogP contribution in [0.5, 0.6) is 0 Å². The van der Waals surface area contributed by atoms with Crippen molar-refractivity contribution < 1.29 is 14.0 Å². The molecule has 0 spiro atoms. The summed E-state index contributed by atoms with van der Waals surface area (Å²) in [5, 5.41) is 6.30. The standard InChI is InChI=1S/C17H19N3O3/c1-11-7-12(2)15(13(3)8-11)10-19-20-17(22)16(21)18-9-14-5-4-6-23-14/h4-8,10H,9H2,1-3H3,(H,18,21)(H,20,22)/b19-10+. The number of aryl methyl sites for hydroxylation is 3. The van der Waals surface area contributed by atoms with Crippen molar-refractivity contribution in [3.63, 3.8) is 0 Å². The third-order valence-corrected chi connectivity index (χ3v) is 3.31. The number of rotatable bonds is 4. The number of benzene rings is 1. The van der Waals surface area contributed by atoms with E-state index in [2.05, 4.69) is 15.8 Å². The molecule has 0 aliphatic rings. The van der Waals surface area contributed by atoms with Gasteiger partial charge in [0.05, 0.1) is 19.0 Å². The van der Waals surface area contributed by atoms with Crippen LogP contribution in [0.4, 0.5) is 0 Å². The highest BCUT2D eigenvalue weighted by atomic mass is 16.3. The predicted octanol–water partition coefficient (Wildman–Crippen LogP) is 1.97. The number of carbonyl (C=O) groups excluding carboxylic acids is 2. The molecule has 2 N–H and O–H groups in total. The molecule has 6 nitrogen and oxygen atoms in total. The Kier molecular flexibility index (Phi) is 5.30. The van der Waals surface area contributed by atoms with Crippen molar-refractivity contribution in [2.75, 3.05) is 0 Å². The molecule has 0 unspecified atom stereocenters. The van der Waals surface area contributed by atoms with Crippen LogP contribution in [0.2, 0.25) is 0 Å². The molecule has 0 atom stereocenters. The summed E-state index contributed by atoms with van der Waals surface area (Å²) in [6.45, 7) is 6.11. The molecule has 1 aromatic heterocycles. The first-order chi connectivity index (χ1) is 11.0. The van der Waals surface area contributed by atoms with E-state index in [0.717, 1.165) is 16.7 Å². The Morgan fingerprint density at radius 3 is 2.48 bits per heavy atom. The van der Waals surface area contributed by atoms with E-state index in [1.54, 1.807) is 18.3 Å². The maximum absolute atomic E-state index is 11.6. The summed E-state index contributed by atoms with van der Waals surface area (Å²) >= 11 is 0. The summed E-state index contributed by atoms with van der Waals surface area (Å²) in [7, 11) is 0. The second kappa shape index (κ2) is 7.40. The van der Waals surface area contributed by atoms with E-state index < -0.39 is 11.8 Å². The molecular formula is C17H19N3O3. The maximum atomic E-state index is 11.6. The van der Waals surface area contributed by atoms with E-state index in [1.807, 2.05) is 32.9 Å². The van der Waals surface area contributed by atoms with Crippen molar-refractivity contribution in [2.45, 2.75) is 27.3 Å². The van der Waals surface area contributed by atoms with Crippen molar-refractivity contribution >= 4 is 18.0 Å². The fourth-order valence-electron chi connectivity index (χ4n) is 2.26. The molecule has 2 amide bonds. The van der Waals surface area contributed by atoms with Gasteiger partial charge in [-0.25, -0.2) is 5.43 Å². The highest BCUT2D eigenvalue weighted by Crippen LogP contribution is 2.13. The van der Waals surface area contributed by atoms with Crippen LogP contribution in [-0.2, 0) is 16.1 Å². The lowest BCUT2D eigenvalue weighted by Crippen LogP contribution is -2.37. The molecule has 0 aliphatic heterocycles. The van der Waals surface area contributed by atoms with E-state index in [-0.39, 0.29) is 6.54 Å². The fourth-order valence-corrected chi connectivity index (χ4v) is 2.26. The summed E-state index contributed by atoms with van der Waals surface area (Å²) in [6.07, 6.45) is 3.04. The van der Waals surface area contributed by atoms with E-state index in [4.69, 9.17) is 4.42 Å². The van der Waals surface area contributed by atoms with E-state index >= 15 is 0 Å². The molecule has 0 radical (unpaired) electrons. The van der Waals surface area contributed by atoms with Crippen LogP contribution in [0, 0.1) is 20.8 Å². The molecular weight excluding hydrogens is 294 g/mol. The molecule has 2 aromatic rings. The lowest BCUT2D eigenvalue weighted by Gasteiger charge is -2.06. The average molecular weight is 313 g/mol. The number of nitrogens with zero attached hydrogens (tertiary/aromatic N) is 1. The summed E-state index contributed by atoms with van der Waals surface area (Å²) in [6, 6.07) is 7.48. The first-order valence-corrected chi connectivity index (χ1v) is 7.19. The van der Waals surface area contributed by atoms with E-state index in [0.29, 0.717) is 5.76 Å². The Morgan fingerprint density at radius 2 is 1.87 bits per heavy atom. The van der Waals surface area contributed by atoms with Gasteiger partial charge < -0.3 is 9.73 Å². The highest BCUT2D eigenvalue weighted by Gasteiger charge is 2.12. The van der Waals surface area contributed by atoms with Crippen LogP contribution < -0.4 is 10.7 Å². The Bertz CT molecular complexity index is 711. The van der Waals surface area contributed by atoms with Crippen LogP contribution in [-0.4, -0.2) is 18.0 Å². The molecule has 0 aliphatic carbocycles. The first-order valence-electron chi connectivity index (χ1n) is 7.19. The largest absolute Gasteiger partial charge is 0.467 e. The summed E-state index contributed by atoms with van der Waals surface area (Å²) in [4.78, 5) is 23.3. The van der Waals surface area contributed by atoms with E-state index in [1.165, 1.54) is 11.8 Å². The second-order valence-electron chi connectivity index (χ2n) is 5.27. The van der Waals surface area contributed by atoms with Gasteiger partial charge in [0.15, 0.2) is 0 Å². The van der Waals surface area contributed by atoms with Crippen molar-refractivity contribution in [1.29, 1.82) is 0 Å². The molecule has 0 saturated carbocycles. The number of hydrogen-bond donors (Lipinski definition) is 2. The molecule has 120 valence electrons. The third kappa shape index (κ3) is 4.54. The monoisotopic (exact) mass is 313 g/mol. The molecule has 6 heteroatoms. The molecule has 0 bridgehead atoms. The van der Waals surface area contributed by atoms with E-state index in [9.17, 15) is 9.59 Å². The number of hydrazone groups is 1. The van der Waals surface area contributed by atoms with Crippen LogP contribution in [0.25, 0.3) is 0 Å². The quantitative estimate of drug-likeness (QED) is 0.514. The smallest absolute Gasteiger partial charge is 0.329 e. The van der Waals surface area contributed by atoms with Crippen molar-refractivity contribution in [1.82, 2.24) is 10.7 Å². The van der Waals surface area contributed by atoms with Crippen LogP contribution in [0.3, 0.4) is 0 Å². The minimum atomic E-state index is -0.824. The molecule has 2 rings (SSSR count). The topological polar surface area (TPSA) is 83.7 Å². The molecule has 1 aromatic carbocycles. The molecule has 23 heavy (non-hydrogen) atoms. The highest BCUT2D eigenvalue weighted by molar-refractivity contribution is 6.35. The summed E-state index contributed by atoms with van der Waals surface area (Å²) < 4.78 is 5.06. The SMILES string of the molecule is Cc1cc(C)c(/C=N/NC(=O)C(=O)NCc2ccco2)c(C)c1. The fraction of sp³-hybridized carbons (Fsp3) is 0.235. The van der Waals surface area contributed by atoms with Gasteiger partial charge in [-0.05, 0) is 44.0 Å². The Balaban J connectivity index is 1.89. The number of nitrogens with one attached hydrogen (secondary N) is 2. The van der Waals surface area contributed by atoms with Gasteiger partial charge in [-0.3, -0.25) is 9.59 Å². The second-order valence-corrected chi connectivity index (χ2v) is 5.27. The third-order valence-electron chi connectivity index (χ3n) is 3.31. The molecule has 0 fully saturated rings. The number of hydrogen-bond acceptors (Lipinski definition) is 4. The van der Waals surface area contributed by atoms with Gasteiger partial charge in [0.1, 0.15) is 5.76 Å². The van der Waals surface area contributed by atoms with Crippen LogP contribution >= 0.6 is 0 Å². The van der Waals surface area contributed by atoms with Gasteiger partial charge in [0.2, 0.25) is 0 Å². The zero-order valence-electron chi connectivity index (χ0n) is 13.3. The van der Waals surface area contributed by atoms with Crippen molar-refractivity contribution in [3.8, 4) is 0 Å².